The molecule has 0 aliphatic carbocycles. The van der Waals surface area contributed by atoms with E-state index in [-0.39, 0.29) is 0 Å². The van der Waals surface area contributed by atoms with Gasteiger partial charge in [0, 0.05) is 17.9 Å². The van der Waals surface area contributed by atoms with Gasteiger partial charge in [-0.2, -0.15) is 17.0 Å². The minimum Gasteiger partial charge on any atom is -0.198 e. The summed E-state index contributed by atoms with van der Waals surface area (Å²) in [5, 5.41) is 8.02. The molecule has 0 unspecified atom stereocenters. The van der Waals surface area contributed by atoms with E-state index in [0.29, 0.717) is 6.42 Å². The van der Waals surface area contributed by atoms with E-state index in [4.69, 9.17) is 5.26 Å². The summed E-state index contributed by atoms with van der Waals surface area (Å²) >= 11 is 1.69. The van der Waals surface area contributed by atoms with Crippen molar-refractivity contribution < 1.29 is 0 Å². The van der Waals surface area contributed by atoms with E-state index in [0.717, 1.165) is 5.75 Å². The Labute approximate surface area is 48.7 Å². The summed E-state index contributed by atoms with van der Waals surface area (Å²) in [5.74, 6) is 2.93. The maximum Gasteiger partial charge on any atom is 0.0630 e. The lowest BCUT2D eigenvalue weighted by atomic mass is 10.6. The number of hydrogen-bond acceptors (Lipinski definition) is 2. The van der Waals surface area contributed by atoms with E-state index < -0.39 is 0 Å². The van der Waals surface area contributed by atoms with Crippen LogP contribution in [0, 0.1) is 17.1 Å². The van der Waals surface area contributed by atoms with Gasteiger partial charge < -0.3 is 0 Å². The van der Waals surface area contributed by atoms with Crippen LogP contribution in [0.2, 0.25) is 0 Å². The molecule has 0 aromatic carbocycles. The number of rotatable bonds is 3. The first-order valence-electron chi connectivity index (χ1n) is 2.18. The van der Waals surface area contributed by atoms with Gasteiger partial charge >= 0.3 is 0 Å². The summed E-state index contributed by atoms with van der Waals surface area (Å²) < 4.78 is 0. The van der Waals surface area contributed by atoms with Gasteiger partial charge in [0.25, 0.3) is 0 Å². The molecular formula is C5H8NS. The number of hydrogen-bond donors (Lipinski definition) is 0. The molecule has 1 radical (unpaired) electrons. The van der Waals surface area contributed by atoms with Crippen LogP contribution in [0.5, 0.6) is 0 Å². The predicted octanol–water partition coefficient (Wildman–Crippen LogP) is 1.81. The van der Waals surface area contributed by atoms with Crippen LogP contribution in [0.15, 0.2) is 0 Å². The van der Waals surface area contributed by atoms with Gasteiger partial charge in [0.2, 0.25) is 0 Å². The van der Waals surface area contributed by atoms with Crippen LogP contribution in [-0.4, -0.2) is 5.75 Å². The predicted molar refractivity (Wildman–Crippen MR) is 32.7 cm³/mol. The molecule has 0 saturated carbocycles. The largest absolute Gasteiger partial charge is 0.198 e. The van der Waals surface area contributed by atoms with Gasteiger partial charge in [0.05, 0.1) is 6.07 Å². The second-order valence-corrected chi connectivity index (χ2v) is 2.23. The molecular weight excluding hydrogens is 106 g/mol. The third-order valence-electron chi connectivity index (χ3n) is 0.498. The van der Waals surface area contributed by atoms with Crippen molar-refractivity contribution in [3.8, 4) is 6.07 Å². The summed E-state index contributed by atoms with van der Waals surface area (Å²) in [6, 6.07) is 2.06. The van der Waals surface area contributed by atoms with Gasteiger partial charge in [-0.05, 0) is 0 Å². The van der Waals surface area contributed by atoms with Crippen LogP contribution in [0.3, 0.4) is 0 Å². The molecule has 0 aliphatic rings. The first-order valence-corrected chi connectivity index (χ1v) is 3.23. The van der Waals surface area contributed by atoms with Crippen molar-refractivity contribution in [2.45, 2.75) is 13.3 Å². The van der Waals surface area contributed by atoms with Gasteiger partial charge in [-0.3, -0.25) is 0 Å². The van der Waals surface area contributed by atoms with Crippen molar-refractivity contribution in [2.75, 3.05) is 5.75 Å². The molecule has 0 aliphatic heterocycles. The number of thioether (sulfide) groups is 1. The Morgan fingerprint density at radius 1 is 1.86 bits per heavy atom. The van der Waals surface area contributed by atoms with Crippen LogP contribution >= 0.6 is 11.8 Å². The van der Waals surface area contributed by atoms with Gasteiger partial charge in [-0.25, -0.2) is 0 Å². The number of nitriles is 1. The Bertz CT molecular complexity index is 65.0. The molecule has 0 bridgehead atoms. The lowest BCUT2D eigenvalue weighted by molar-refractivity contribution is 1.24. The lowest BCUT2D eigenvalue weighted by Gasteiger charge is -1.85. The summed E-state index contributed by atoms with van der Waals surface area (Å²) in [5.41, 5.74) is 0. The average Bonchev–Trinajstić information content (AvgIpc) is 1.69. The Balaban J connectivity index is 2.60. The Kier molecular flexibility index (Phi) is 5.71. The zero-order valence-electron chi connectivity index (χ0n) is 4.35. The van der Waals surface area contributed by atoms with Gasteiger partial charge in [-0.15, -0.1) is 0 Å². The molecule has 39 valence electrons. The first kappa shape index (κ1) is 6.84. The average molecular weight is 114 g/mol. The van der Waals surface area contributed by atoms with E-state index >= 15 is 0 Å². The highest BCUT2D eigenvalue weighted by molar-refractivity contribution is 8.01. The molecule has 0 heterocycles. The van der Waals surface area contributed by atoms with Crippen molar-refractivity contribution in [3.63, 3.8) is 0 Å². The molecule has 0 atom stereocenters. The topological polar surface area (TPSA) is 23.8 Å². The van der Waals surface area contributed by atoms with E-state index in [1.807, 2.05) is 12.7 Å². The fourth-order valence-electron chi connectivity index (χ4n) is 0.222. The van der Waals surface area contributed by atoms with Crippen LogP contribution in [0.4, 0.5) is 0 Å². The van der Waals surface area contributed by atoms with Gasteiger partial charge in [-0.1, -0.05) is 6.92 Å². The summed E-state index contributed by atoms with van der Waals surface area (Å²) in [7, 11) is 0. The van der Waals surface area contributed by atoms with Crippen LogP contribution in [-0.2, 0) is 0 Å². The third kappa shape index (κ3) is 5.84. The van der Waals surface area contributed by atoms with Crippen molar-refractivity contribution in [1.82, 2.24) is 0 Å². The monoisotopic (exact) mass is 114 g/mol. The molecule has 0 aromatic rings. The Morgan fingerprint density at radius 3 is 3.00 bits per heavy atom. The quantitative estimate of drug-likeness (QED) is 0.522. The minimum absolute atomic E-state index is 0.662. The van der Waals surface area contributed by atoms with Gasteiger partial charge in [0.1, 0.15) is 0 Å². The normalized spacial score (nSPS) is 8.00. The summed E-state index contributed by atoms with van der Waals surface area (Å²) in [6.45, 7) is 1.97. The molecule has 0 spiro atoms. The molecule has 0 fully saturated rings. The van der Waals surface area contributed by atoms with Crippen LogP contribution in [0.1, 0.15) is 13.3 Å². The van der Waals surface area contributed by atoms with E-state index in [1.165, 1.54) is 0 Å². The highest BCUT2D eigenvalue weighted by atomic mass is 32.2. The van der Waals surface area contributed by atoms with Crippen molar-refractivity contribution in [1.29, 1.82) is 5.26 Å². The first-order chi connectivity index (χ1) is 3.41. The van der Waals surface area contributed by atoms with E-state index in [9.17, 15) is 0 Å². The van der Waals surface area contributed by atoms with Crippen molar-refractivity contribution >= 4 is 11.8 Å². The second kappa shape index (κ2) is 5.84. The summed E-state index contributed by atoms with van der Waals surface area (Å²) in [4.78, 5) is 0. The zero-order valence-corrected chi connectivity index (χ0v) is 5.16. The molecule has 7 heavy (non-hydrogen) atoms. The molecule has 0 N–H and O–H groups in total. The maximum atomic E-state index is 8.02. The molecule has 0 aromatic heterocycles. The lowest BCUT2D eigenvalue weighted by Crippen LogP contribution is -1.70. The molecule has 0 saturated heterocycles. The SMILES string of the molecule is C[CH]SCCC#N. The highest BCUT2D eigenvalue weighted by Crippen LogP contribution is 2.03. The second-order valence-electron chi connectivity index (χ2n) is 1.01. The van der Waals surface area contributed by atoms with E-state index in [1.54, 1.807) is 11.8 Å². The smallest absolute Gasteiger partial charge is 0.0630 e. The fourth-order valence-corrected chi connectivity index (χ4v) is 0.667. The minimum atomic E-state index is 0.662. The van der Waals surface area contributed by atoms with Crippen LogP contribution < -0.4 is 0 Å². The maximum absolute atomic E-state index is 8.02. The number of nitrogens with zero attached hydrogens (tertiary/aromatic N) is 1. The van der Waals surface area contributed by atoms with Gasteiger partial charge in [0.15, 0.2) is 0 Å². The standard InChI is InChI=1S/C5H8NS/c1-2-7-5-3-4-6/h2H,3,5H2,1H3. The molecule has 1 nitrogen and oxygen atoms in total. The molecule has 0 amide bonds. The highest BCUT2D eigenvalue weighted by Gasteiger charge is 1.79. The molecule has 0 rings (SSSR count). The third-order valence-corrected chi connectivity index (χ3v) is 1.27. The Morgan fingerprint density at radius 2 is 2.57 bits per heavy atom. The zero-order chi connectivity index (χ0) is 5.54. The fraction of sp³-hybridized carbons (Fsp3) is 0.600. The van der Waals surface area contributed by atoms with Crippen molar-refractivity contribution in [3.05, 3.63) is 5.75 Å². The van der Waals surface area contributed by atoms with Crippen molar-refractivity contribution in [2.24, 2.45) is 0 Å². The molecule has 2 heteroatoms. The summed E-state index contributed by atoms with van der Waals surface area (Å²) in [6.07, 6.45) is 0.662. The van der Waals surface area contributed by atoms with Crippen LogP contribution in [0.25, 0.3) is 0 Å². The van der Waals surface area contributed by atoms with E-state index in [2.05, 4.69) is 6.07 Å². The Hall–Kier alpha value is -0.160.